The predicted octanol–water partition coefficient (Wildman–Crippen LogP) is 3.82. The Kier molecular flexibility index (Phi) is 5.62. The monoisotopic (exact) mass is 350 g/mol. The minimum Gasteiger partial charge on any atom is -0.468 e. The molecule has 0 radical (unpaired) electrons. The first-order chi connectivity index (χ1) is 10.1. The molecule has 1 aromatic carbocycles. The van der Waals surface area contributed by atoms with Gasteiger partial charge < -0.3 is 10.2 Å². The number of hydrogen-bond acceptors (Lipinski definition) is 3. The van der Waals surface area contributed by atoms with Gasteiger partial charge in [-0.15, -0.1) is 0 Å². The van der Waals surface area contributed by atoms with Crippen LogP contribution in [-0.4, -0.2) is 23.5 Å². The zero-order valence-electron chi connectivity index (χ0n) is 12.7. The van der Waals surface area contributed by atoms with Gasteiger partial charge in [0.15, 0.2) is 0 Å². The zero-order chi connectivity index (χ0) is 15.3. The lowest BCUT2D eigenvalue weighted by molar-refractivity contribution is 0.0994. The molecule has 0 saturated carbocycles. The van der Waals surface area contributed by atoms with Crippen LogP contribution in [0.5, 0.6) is 0 Å². The van der Waals surface area contributed by atoms with E-state index >= 15 is 0 Å². The van der Waals surface area contributed by atoms with Crippen LogP contribution in [0.2, 0.25) is 0 Å². The van der Waals surface area contributed by atoms with Crippen molar-refractivity contribution in [2.45, 2.75) is 32.4 Å². The molecule has 0 saturated heterocycles. The normalized spacial score (nSPS) is 14.3. The van der Waals surface area contributed by atoms with Crippen molar-refractivity contribution in [3.05, 3.63) is 58.5 Å². The molecule has 21 heavy (non-hydrogen) atoms. The van der Waals surface area contributed by atoms with Crippen molar-refractivity contribution in [1.29, 1.82) is 0 Å². The van der Waals surface area contributed by atoms with Gasteiger partial charge >= 0.3 is 0 Å². The highest BCUT2D eigenvalue weighted by Gasteiger charge is 2.30. The van der Waals surface area contributed by atoms with E-state index in [1.807, 2.05) is 12.1 Å². The van der Waals surface area contributed by atoms with E-state index in [4.69, 9.17) is 10.2 Å². The van der Waals surface area contributed by atoms with Gasteiger partial charge in [-0.05, 0) is 49.7 Å². The van der Waals surface area contributed by atoms with Crippen molar-refractivity contribution >= 4 is 15.9 Å². The van der Waals surface area contributed by atoms with Gasteiger partial charge in [0.2, 0.25) is 0 Å². The van der Waals surface area contributed by atoms with Gasteiger partial charge in [-0.1, -0.05) is 35.0 Å². The van der Waals surface area contributed by atoms with E-state index < -0.39 is 0 Å². The lowest BCUT2D eigenvalue weighted by Gasteiger charge is -2.40. The van der Waals surface area contributed by atoms with E-state index in [9.17, 15) is 0 Å². The molecule has 0 amide bonds. The Morgan fingerprint density at radius 1 is 1.24 bits per heavy atom. The first-order valence-corrected chi connectivity index (χ1v) is 8.08. The zero-order valence-corrected chi connectivity index (χ0v) is 14.3. The van der Waals surface area contributed by atoms with Gasteiger partial charge in [0.05, 0.1) is 12.8 Å². The molecule has 0 fully saturated rings. The van der Waals surface area contributed by atoms with Gasteiger partial charge in [-0.3, -0.25) is 4.90 Å². The Morgan fingerprint density at radius 2 is 1.95 bits per heavy atom. The Labute approximate surface area is 135 Å². The van der Waals surface area contributed by atoms with Crippen LogP contribution in [0.15, 0.2) is 51.6 Å². The van der Waals surface area contributed by atoms with Gasteiger partial charge in [0.1, 0.15) is 5.76 Å². The first kappa shape index (κ1) is 16.3. The van der Waals surface area contributed by atoms with Crippen molar-refractivity contribution in [2.24, 2.45) is 5.73 Å². The molecule has 0 aliphatic carbocycles. The fourth-order valence-corrected chi connectivity index (χ4v) is 2.89. The molecule has 0 spiro atoms. The lowest BCUT2D eigenvalue weighted by atomic mass is 9.90. The third kappa shape index (κ3) is 4.19. The third-order valence-corrected chi connectivity index (χ3v) is 4.54. The summed E-state index contributed by atoms with van der Waals surface area (Å²) in [6.07, 6.45) is 2.64. The Bertz CT molecular complexity index is 538. The standard InChI is InChI=1S/C17H23BrN2O/c1-3-20(12-16-5-4-10-21-16)17(2,13-19)11-14-6-8-15(18)9-7-14/h4-10H,3,11-13,19H2,1-2H3. The Hall–Kier alpha value is -1.10. The lowest BCUT2D eigenvalue weighted by Crippen LogP contribution is -2.52. The summed E-state index contributed by atoms with van der Waals surface area (Å²) in [6.45, 7) is 6.72. The van der Waals surface area contributed by atoms with Gasteiger partial charge in [-0.2, -0.15) is 0 Å². The average Bonchev–Trinajstić information content (AvgIpc) is 3.00. The summed E-state index contributed by atoms with van der Waals surface area (Å²) >= 11 is 3.48. The van der Waals surface area contributed by atoms with E-state index in [1.165, 1.54) is 5.56 Å². The molecular formula is C17H23BrN2O. The summed E-state index contributed by atoms with van der Waals surface area (Å²) in [5.41, 5.74) is 7.32. The summed E-state index contributed by atoms with van der Waals surface area (Å²) in [5, 5.41) is 0. The summed E-state index contributed by atoms with van der Waals surface area (Å²) in [4.78, 5) is 2.38. The van der Waals surface area contributed by atoms with E-state index in [-0.39, 0.29) is 5.54 Å². The van der Waals surface area contributed by atoms with Crippen molar-refractivity contribution in [2.75, 3.05) is 13.1 Å². The molecule has 1 heterocycles. The maximum atomic E-state index is 6.11. The quantitative estimate of drug-likeness (QED) is 0.825. The number of benzene rings is 1. The topological polar surface area (TPSA) is 42.4 Å². The molecule has 4 heteroatoms. The molecule has 2 N–H and O–H groups in total. The number of rotatable bonds is 7. The van der Waals surface area contributed by atoms with E-state index in [0.29, 0.717) is 6.54 Å². The van der Waals surface area contributed by atoms with Gasteiger partial charge in [-0.25, -0.2) is 0 Å². The van der Waals surface area contributed by atoms with Crippen LogP contribution >= 0.6 is 15.9 Å². The Morgan fingerprint density at radius 3 is 2.48 bits per heavy atom. The first-order valence-electron chi connectivity index (χ1n) is 7.29. The SMILES string of the molecule is CCN(Cc1ccco1)C(C)(CN)Cc1ccc(Br)cc1. The maximum Gasteiger partial charge on any atom is 0.117 e. The molecule has 1 atom stereocenters. The highest BCUT2D eigenvalue weighted by molar-refractivity contribution is 9.10. The van der Waals surface area contributed by atoms with Crippen LogP contribution in [0.25, 0.3) is 0 Å². The summed E-state index contributed by atoms with van der Waals surface area (Å²) in [5.74, 6) is 0.979. The second-order valence-electron chi connectivity index (χ2n) is 5.60. The number of likely N-dealkylation sites (N-methyl/N-ethyl adjacent to an activating group) is 1. The van der Waals surface area contributed by atoms with Crippen molar-refractivity contribution < 1.29 is 4.42 Å². The highest BCUT2D eigenvalue weighted by atomic mass is 79.9. The second kappa shape index (κ2) is 7.25. The molecule has 0 aliphatic heterocycles. The predicted molar refractivity (Wildman–Crippen MR) is 90.1 cm³/mol. The average molecular weight is 351 g/mol. The van der Waals surface area contributed by atoms with Crippen LogP contribution in [-0.2, 0) is 13.0 Å². The van der Waals surface area contributed by atoms with Gasteiger partial charge in [0, 0.05) is 16.6 Å². The van der Waals surface area contributed by atoms with Crippen LogP contribution in [0.4, 0.5) is 0 Å². The van der Waals surface area contributed by atoms with Crippen LogP contribution < -0.4 is 5.73 Å². The maximum absolute atomic E-state index is 6.11. The fourth-order valence-electron chi connectivity index (χ4n) is 2.63. The summed E-state index contributed by atoms with van der Waals surface area (Å²) in [7, 11) is 0. The third-order valence-electron chi connectivity index (χ3n) is 4.01. The number of nitrogens with two attached hydrogens (primary N) is 1. The molecule has 2 rings (SSSR count). The molecular weight excluding hydrogens is 328 g/mol. The minimum atomic E-state index is -0.0879. The number of furan rings is 1. The largest absolute Gasteiger partial charge is 0.468 e. The van der Waals surface area contributed by atoms with Crippen LogP contribution in [0.3, 0.4) is 0 Å². The molecule has 3 nitrogen and oxygen atoms in total. The van der Waals surface area contributed by atoms with Crippen molar-refractivity contribution in [3.8, 4) is 0 Å². The summed E-state index contributed by atoms with van der Waals surface area (Å²) in [6, 6.07) is 12.4. The van der Waals surface area contributed by atoms with Crippen LogP contribution in [0, 0.1) is 0 Å². The van der Waals surface area contributed by atoms with Crippen molar-refractivity contribution in [1.82, 2.24) is 4.90 Å². The van der Waals surface area contributed by atoms with Gasteiger partial charge in [0.25, 0.3) is 0 Å². The number of nitrogens with zero attached hydrogens (tertiary/aromatic N) is 1. The fraction of sp³-hybridized carbons (Fsp3) is 0.412. The van der Waals surface area contributed by atoms with E-state index in [0.717, 1.165) is 29.7 Å². The molecule has 0 bridgehead atoms. The summed E-state index contributed by atoms with van der Waals surface area (Å²) < 4.78 is 6.58. The molecule has 1 unspecified atom stereocenters. The second-order valence-corrected chi connectivity index (χ2v) is 6.51. The minimum absolute atomic E-state index is 0.0879. The molecule has 1 aromatic heterocycles. The number of halogens is 1. The Balaban J connectivity index is 2.15. The van der Waals surface area contributed by atoms with E-state index in [1.54, 1.807) is 6.26 Å². The van der Waals surface area contributed by atoms with Crippen molar-refractivity contribution in [3.63, 3.8) is 0 Å². The van der Waals surface area contributed by atoms with Crippen LogP contribution in [0.1, 0.15) is 25.2 Å². The highest BCUT2D eigenvalue weighted by Crippen LogP contribution is 2.23. The molecule has 114 valence electrons. The molecule has 0 aliphatic rings. The smallest absolute Gasteiger partial charge is 0.117 e. The van der Waals surface area contributed by atoms with E-state index in [2.05, 4.69) is 58.9 Å². The molecule has 2 aromatic rings. The number of hydrogen-bond donors (Lipinski definition) is 1.